The van der Waals surface area contributed by atoms with Gasteiger partial charge in [0, 0.05) is 31.6 Å². The van der Waals surface area contributed by atoms with Crippen molar-refractivity contribution in [1.29, 1.82) is 0 Å². The number of nitrogens with zero attached hydrogens (tertiary/aromatic N) is 1. The SMILES string of the molecule is CCc1ccc(C(C)CC(=O)N(C)C2CC3CCC(C2)N3)cc1. The zero-order chi connectivity index (χ0) is 16.4. The van der Waals surface area contributed by atoms with Crippen LogP contribution in [0.2, 0.25) is 0 Å². The van der Waals surface area contributed by atoms with Crippen molar-refractivity contribution in [2.24, 2.45) is 0 Å². The normalized spacial score (nSPS) is 27.7. The Balaban J connectivity index is 1.56. The summed E-state index contributed by atoms with van der Waals surface area (Å²) in [6, 6.07) is 10.4. The predicted molar refractivity (Wildman–Crippen MR) is 94.6 cm³/mol. The monoisotopic (exact) mass is 314 g/mol. The molecular weight excluding hydrogens is 284 g/mol. The third-order valence-corrected chi connectivity index (χ3v) is 5.83. The van der Waals surface area contributed by atoms with Crippen molar-refractivity contribution in [3.8, 4) is 0 Å². The summed E-state index contributed by atoms with van der Waals surface area (Å²) in [6.45, 7) is 4.34. The molecule has 0 aliphatic carbocycles. The highest BCUT2D eigenvalue weighted by atomic mass is 16.2. The first-order chi connectivity index (χ1) is 11.1. The second-order valence-corrected chi connectivity index (χ2v) is 7.47. The van der Waals surface area contributed by atoms with E-state index in [9.17, 15) is 4.79 Å². The quantitative estimate of drug-likeness (QED) is 0.902. The van der Waals surface area contributed by atoms with E-state index in [2.05, 4.69) is 43.4 Å². The van der Waals surface area contributed by atoms with Crippen molar-refractivity contribution in [3.05, 3.63) is 35.4 Å². The lowest BCUT2D eigenvalue weighted by molar-refractivity contribution is -0.133. The van der Waals surface area contributed by atoms with Crippen LogP contribution in [0.5, 0.6) is 0 Å². The molecule has 3 heteroatoms. The molecule has 23 heavy (non-hydrogen) atoms. The van der Waals surface area contributed by atoms with E-state index in [1.54, 1.807) is 0 Å². The fourth-order valence-corrected chi connectivity index (χ4v) is 4.15. The summed E-state index contributed by atoms with van der Waals surface area (Å²) in [5, 5.41) is 3.65. The molecule has 1 aromatic carbocycles. The Morgan fingerprint density at radius 1 is 1.22 bits per heavy atom. The topological polar surface area (TPSA) is 32.3 Å². The van der Waals surface area contributed by atoms with E-state index in [0.717, 1.165) is 19.3 Å². The lowest BCUT2D eigenvalue weighted by atomic mass is 9.94. The van der Waals surface area contributed by atoms with Gasteiger partial charge in [0.15, 0.2) is 0 Å². The van der Waals surface area contributed by atoms with Gasteiger partial charge in [0.05, 0.1) is 0 Å². The van der Waals surface area contributed by atoms with Gasteiger partial charge in [-0.3, -0.25) is 4.79 Å². The van der Waals surface area contributed by atoms with Crippen LogP contribution in [0.4, 0.5) is 0 Å². The lowest BCUT2D eigenvalue weighted by Crippen LogP contribution is -2.48. The smallest absolute Gasteiger partial charge is 0.223 e. The third-order valence-electron chi connectivity index (χ3n) is 5.83. The van der Waals surface area contributed by atoms with E-state index >= 15 is 0 Å². The Labute approximate surface area is 140 Å². The first kappa shape index (κ1) is 16.5. The highest BCUT2D eigenvalue weighted by Gasteiger charge is 2.36. The van der Waals surface area contributed by atoms with Gasteiger partial charge in [-0.1, -0.05) is 38.1 Å². The average Bonchev–Trinajstić information content (AvgIpc) is 2.92. The van der Waals surface area contributed by atoms with Crippen molar-refractivity contribution < 1.29 is 4.79 Å². The van der Waals surface area contributed by atoms with E-state index in [1.165, 1.54) is 24.0 Å². The number of aryl methyl sites for hydroxylation is 1. The van der Waals surface area contributed by atoms with Gasteiger partial charge in [-0.2, -0.15) is 0 Å². The number of nitrogens with one attached hydrogen (secondary N) is 1. The van der Waals surface area contributed by atoms with E-state index in [0.29, 0.717) is 30.5 Å². The van der Waals surface area contributed by atoms with E-state index in [1.807, 2.05) is 11.9 Å². The number of fused-ring (bicyclic) bond motifs is 2. The maximum atomic E-state index is 12.7. The van der Waals surface area contributed by atoms with Crippen LogP contribution in [-0.4, -0.2) is 36.0 Å². The number of amides is 1. The molecule has 3 atom stereocenters. The molecule has 3 nitrogen and oxygen atoms in total. The van der Waals surface area contributed by atoms with Crippen LogP contribution < -0.4 is 5.32 Å². The van der Waals surface area contributed by atoms with E-state index < -0.39 is 0 Å². The number of piperidine rings is 1. The zero-order valence-electron chi connectivity index (χ0n) is 14.7. The summed E-state index contributed by atoms with van der Waals surface area (Å²) in [6.07, 6.45) is 6.49. The highest BCUT2D eigenvalue weighted by molar-refractivity contribution is 5.77. The molecule has 3 unspecified atom stereocenters. The molecule has 3 rings (SSSR count). The van der Waals surface area contributed by atoms with Crippen LogP contribution in [0.3, 0.4) is 0 Å². The molecule has 2 aliphatic rings. The molecule has 126 valence electrons. The minimum Gasteiger partial charge on any atom is -0.343 e. The number of carbonyl (C=O) groups is 1. The van der Waals surface area contributed by atoms with Crippen LogP contribution >= 0.6 is 0 Å². The van der Waals surface area contributed by atoms with Gasteiger partial charge in [0.1, 0.15) is 0 Å². The summed E-state index contributed by atoms with van der Waals surface area (Å²) in [5.41, 5.74) is 2.63. The van der Waals surface area contributed by atoms with Crippen LogP contribution in [0, 0.1) is 0 Å². The number of rotatable bonds is 5. The van der Waals surface area contributed by atoms with Crippen LogP contribution in [-0.2, 0) is 11.2 Å². The average molecular weight is 314 g/mol. The number of benzene rings is 1. The molecule has 2 fully saturated rings. The Bertz CT molecular complexity index is 527. The Hall–Kier alpha value is -1.35. The Morgan fingerprint density at radius 2 is 1.83 bits per heavy atom. The maximum absolute atomic E-state index is 12.7. The van der Waals surface area contributed by atoms with Crippen LogP contribution in [0.1, 0.15) is 63.0 Å². The van der Waals surface area contributed by atoms with Gasteiger partial charge in [-0.15, -0.1) is 0 Å². The summed E-state index contributed by atoms with van der Waals surface area (Å²) in [4.78, 5) is 14.7. The predicted octanol–water partition coefficient (Wildman–Crippen LogP) is 3.48. The van der Waals surface area contributed by atoms with Gasteiger partial charge >= 0.3 is 0 Å². The van der Waals surface area contributed by atoms with E-state index in [4.69, 9.17) is 0 Å². The standard InChI is InChI=1S/C20H30N2O/c1-4-15-5-7-16(8-6-15)14(2)11-20(23)22(3)19-12-17-9-10-18(13-19)21-17/h5-8,14,17-19,21H,4,9-13H2,1-3H3. The molecule has 0 radical (unpaired) electrons. The Kier molecular flexibility index (Phi) is 5.05. The highest BCUT2D eigenvalue weighted by Crippen LogP contribution is 2.30. The third kappa shape index (κ3) is 3.77. The van der Waals surface area contributed by atoms with Crippen molar-refractivity contribution in [2.45, 2.75) is 76.4 Å². The van der Waals surface area contributed by atoms with E-state index in [-0.39, 0.29) is 5.92 Å². The van der Waals surface area contributed by atoms with Crippen molar-refractivity contribution in [3.63, 3.8) is 0 Å². The molecule has 2 bridgehead atoms. The summed E-state index contributed by atoms with van der Waals surface area (Å²) >= 11 is 0. The van der Waals surface area contributed by atoms with Gasteiger partial charge < -0.3 is 10.2 Å². The first-order valence-corrected chi connectivity index (χ1v) is 9.17. The van der Waals surface area contributed by atoms with Crippen LogP contribution in [0.25, 0.3) is 0 Å². The zero-order valence-corrected chi connectivity index (χ0v) is 14.7. The Morgan fingerprint density at radius 3 is 2.39 bits per heavy atom. The molecule has 2 heterocycles. The lowest BCUT2D eigenvalue weighted by Gasteiger charge is -2.36. The molecule has 2 saturated heterocycles. The van der Waals surface area contributed by atoms with Crippen molar-refractivity contribution >= 4 is 5.91 Å². The second kappa shape index (κ2) is 7.04. The number of carbonyl (C=O) groups excluding carboxylic acids is 1. The molecule has 0 saturated carbocycles. The minimum atomic E-state index is 0.286. The molecular formula is C20H30N2O. The van der Waals surface area contributed by atoms with Gasteiger partial charge in [-0.05, 0) is 49.1 Å². The number of hydrogen-bond acceptors (Lipinski definition) is 2. The maximum Gasteiger partial charge on any atom is 0.223 e. The van der Waals surface area contributed by atoms with Crippen LogP contribution in [0.15, 0.2) is 24.3 Å². The summed E-state index contributed by atoms with van der Waals surface area (Å²) in [7, 11) is 2.00. The largest absolute Gasteiger partial charge is 0.343 e. The number of hydrogen-bond donors (Lipinski definition) is 1. The molecule has 0 spiro atoms. The van der Waals surface area contributed by atoms with Crippen molar-refractivity contribution in [2.75, 3.05) is 7.05 Å². The molecule has 1 aromatic rings. The molecule has 0 aromatic heterocycles. The van der Waals surface area contributed by atoms with Gasteiger partial charge in [-0.25, -0.2) is 0 Å². The summed E-state index contributed by atoms with van der Waals surface area (Å²) < 4.78 is 0. The van der Waals surface area contributed by atoms with Gasteiger partial charge in [0.25, 0.3) is 0 Å². The summed E-state index contributed by atoms with van der Waals surface area (Å²) in [5.74, 6) is 0.581. The molecule has 1 N–H and O–H groups in total. The minimum absolute atomic E-state index is 0.286. The molecule has 2 aliphatic heterocycles. The fourth-order valence-electron chi connectivity index (χ4n) is 4.15. The van der Waals surface area contributed by atoms with Crippen molar-refractivity contribution in [1.82, 2.24) is 10.2 Å². The van der Waals surface area contributed by atoms with Gasteiger partial charge in [0.2, 0.25) is 5.91 Å². The second-order valence-electron chi connectivity index (χ2n) is 7.47. The molecule has 1 amide bonds. The fraction of sp³-hybridized carbons (Fsp3) is 0.650. The first-order valence-electron chi connectivity index (χ1n) is 9.17.